The number of nitrogens with one attached hydrogen (secondary N) is 1. The molecule has 0 radical (unpaired) electrons. The van der Waals surface area contributed by atoms with Gasteiger partial charge in [0.2, 0.25) is 10.0 Å². The van der Waals surface area contributed by atoms with Gasteiger partial charge in [-0.25, -0.2) is 8.42 Å². The Balaban J connectivity index is 2.25. The molecule has 5 heteroatoms. The lowest BCUT2D eigenvalue weighted by Gasteiger charge is -2.33. The molecule has 112 valence electrons. The van der Waals surface area contributed by atoms with Crippen molar-refractivity contribution in [3.63, 3.8) is 0 Å². The molecule has 2 rings (SSSR count). The SMILES string of the molecule is CCc1ccc(S(=O)(=O)N(CC)C2CCNCC2)cc1. The zero-order valence-corrected chi connectivity index (χ0v) is 13.1. The van der Waals surface area contributed by atoms with E-state index in [0.29, 0.717) is 11.4 Å². The Morgan fingerprint density at radius 2 is 1.75 bits per heavy atom. The molecule has 20 heavy (non-hydrogen) atoms. The number of nitrogens with zero attached hydrogens (tertiary/aromatic N) is 1. The summed E-state index contributed by atoms with van der Waals surface area (Å²) in [6.45, 7) is 6.30. The molecule has 4 nitrogen and oxygen atoms in total. The molecule has 1 N–H and O–H groups in total. The first-order valence-corrected chi connectivity index (χ1v) is 8.85. The summed E-state index contributed by atoms with van der Waals surface area (Å²) in [6, 6.07) is 7.40. The van der Waals surface area contributed by atoms with Crippen molar-refractivity contribution in [3.05, 3.63) is 29.8 Å². The molecule has 0 aliphatic carbocycles. The molecule has 0 atom stereocenters. The third kappa shape index (κ3) is 3.22. The fourth-order valence-electron chi connectivity index (χ4n) is 2.75. The smallest absolute Gasteiger partial charge is 0.243 e. The molecule has 0 aromatic heterocycles. The van der Waals surface area contributed by atoms with Crippen LogP contribution >= 0.6 is 0 Å². The van der Waals surface area contributed by atoms with Crippen LogP contribution in [0.25, 0.3) is 0 Å². The van der Waals surface area contributed by atoms with Crippen molar-refractivity contribution < 1.29 is 8.42 Å². The van der Waals surface area contributed by atoms with Crippen LogP contribution in [0.1, 0.15) is 32.3 Å². The normalized spacial score (nSPS) is 17.6. The Hall–Kier alpha value is -0.910. The standard InChI is InChI=1S/C15H24N2O2S/c1-3-13-5-7-15(8-6-13)20(18,19)17(4-2)14-9-11-16-12-10-14/h5-8,14,16H,3-4,9-12H2,1-2H3. The van der Waals surface area contributed by atoms with E-state index >= 15 is 0 Å². The number of hydrogen-bond acceptors (Lipinski definition) is 3. The van der Waals surface area contributed by atoms with E-state index in [1.165, 1.54) is 0 Å². The molecule has 1 aliphatic heterocycles. The van der Waals surface area contributed by atoms with Crippen LogP contribution in [-0.2, 0) is 16.4 Å². The van der Waals surface area contributed by atoms with E-state index in [4.69, 9.17) is 0 Å². The predicted octanol–water partition coefficient (Wildman–Crippen LogP) is 2.01. The molecule has 1 aromatic rings. The fourth-order valence-corrected chi connectivity index (χ4v) is 4.45. The number of benzene rings is 1. The van der Waals surface area contributed by atoms with Gasteiger partial charge >= 0.3 is 0 Å². The van der Waals surface area contributed by atoms with Gasteiger partial charge in [-0.3, -0.25) is 0 Å². The average molecular weight is 296 g/mol. The van der Waals surface area contributed by atoms with E-state index in [-0.39, 0.29) is 6.04 Å². The van der Waals surface area contributed by atoms with Crippen LogP contribution in [0.15, 0.2) is 29.2 Å². The number of sulfonamides is 1. The minimum absolute atomic E-state index is 0.122. The maximum atomic E-state index is 12.8. The molecular formula is C15H24N2O2S. The highest BCUT2D eigenvalue weighted by atomic mass is 32.2. The van der Waals surface area contributed by atoms with Crippen molar-refractivity contribution in [2.45, 2.75) is 44.0 Å². The summed E-state index contributed by atoms with van der Waals surface area (Å²) in [6.07, 6.45) is 2.70. The highest BCUT2D eigenvalue weighted by Crippen LogP contribution is 2.22. The van der Waals surface area contributed by atoms with Crippen LogP contribution < -0.4 is 5.32 Å². The molecule has 0 spiro atoms. The summed E-state index contributed by atoms with van der Waals surface area (Å²) in [5.74, 6) is 0. The van der Waals surface area contributed by atoms with Gasteiger partial charge in [0.25, 0.3) is 0 Å². The second-order valence-corrected chi connectivity index (χ2v) is 7.08. The van der Waals surface area contributed by atoms with Gasteiger partial charge in [0, 0.05) is 12.6 Å². The van der Waals surface area contributed by atoms with E-state index in [0.717, 1.165) is 37.9 Å². The van der Waals surface area contributed by atoms with Crippen LogP contribution in [0.4, 0.5) is 0 Å². The molecule has 1 fully saturated rings. The van der Waals surface area contributed by atoms with Crippen molar-refractivity contribution in [3.8, 4) is 0 Å². The summed E-state index contributed by atoms with van der Waals surface area (Å²) >= 11 is 0. The minimum atomic E-state index is -3.37. The van der Waals surface area contributed by atoms with Gasteiger partial charge in [-0.05, 0) is 50.0 Å². The monoisotopic (exact) mass is 296 g/mol. The Bertz CT molecular complexity index is 519. The number of hydrogen-bond donors (Lipinski definition) is 1. The summed E-state index contributed by atoms with van der Waals surface area (Å²) in [4.78, 5) is 0.412. The summed E-state index contributed by atoms with van der Waals surface area (Å²) in [5.41, 5.74) is 1.16. The Morgan fingerprint density at radius 1 is 1.15 bits per heavy atom. The van der Waals surface area contributed by atoms with E-state index in [9.17, 15) is 8.42 Å². The Kier molecular flexibility index (Phi) is 5.18. The summed E-state index contributed by atoms with van der Waals surface area (Å²) < 4.78 is 27.2. The van der Waals surface area contributed by atoms with Crippen LogP contribution in [0, 0.1) is 0 Å². The topological polar surface area (TPSA) is 49.4 Å². The lowest BCUT2D eigenvalue weighted by atomic mass is 10.1. The van der Waals surface area contributed by atoms with Gasteiger partial charge in [-0.2, -0.15) is 4.31 Å². The molecule has 1 aliphatic rings. The van der Waals surface area contributed by atoms with E-state index in [1.54, 1.807) is 16.4 Å². The van der Waals surface area contributed by atoms with Crippen LogP contribution in [0.5, 0.6) is 0 Å². The number of aryl methyl sites for hydroxylation is 1. The molecule has 0 bridgehead atoms. The van der Waals surface area contributed by atoms with Crippen LogP contribution in [0.2, 0.25) is 0 Å². The third-order valence-electron chi connectivity index (χ3n) is 3.97. The Labute approximate surface area is 122 Å². The fraction of sp³-hybridized carbons (Fsp3) is 0.600. The zero-order chi connectivity index (χ0) is 14.6. The maximum Gasteiger partial charge on any atom is 0.243 e. The predicted molar refractivity (Wildman–Crippen MR) is 81.3 cm³/mol. The van der Waals surface area contributed by atoms with Crippen molar-refractivity contribution in [1.29, 1.82) is 0 Å². The minimum Gasteiger partial charge on any atom is -0.317 e. The van der Waals surface area contributed by atoms with Gasteiger partial charge in [0.15, 0.2) is 0 Å². The second kappa shape index (κ2) is 6.70. The van der Waals surface area contributed by atoms with Gasteiger partial charge in [-0.1, -0.05) is 26.0 Å². The summed E-state index contributed by atoms with van der Waals surface area (Å²) in [7, 11) is -3.37. The lowest BCUT2D eigenvalue weighted by Crippen LogP contribution is -2.45. The van der Waals surface area contributed by atoms with Crippen LogP contribution in [0.3, 0.4) is 0 Å². The quantitative estimate of drug-likeness (QED) is 0.904. The van der Waals surface area contributed by atoms with Gasteiger partial charge < -0.3 is 5.32 Å². The number of rotatable bonds is 5. The largest absolute Gasteiger partial charge is 0.317 e. The third-order valence-corrected chi connectivity index (χ3v) is 6.01. The molecule has 0 unspecified atom stereocenters. The number of piperidine rings is 1. The van der Waals surface area contributed by atoms with E-state index < -0.39 is 10.0 Å². The molecule has 0 amide bonds. The van der Waals surface area contributed by atoms with Gasteiger partial charge in [-0.15, -0.1) is 0 Å². The first-order valence-electron chi connectivity index (χ1n) is 7.41. The zero-order valence-electron chi connectivity index (χ0n) is 12.3. The maximum absolute atomic E-state index is 12.8. The summed E-state index contributed by atoms with van der Waals surface area (Å²) in [5, 5.41) is 3.28. The molecule has 0 saturated carbocycles. The lowest BCUT2D eigenvalue weighted by molar-refractivity contribution is 0.271. The molecule has 1 aromatic carbocycles. The molecule has 1 saturated heterocycles. The van der Waals surface area contributed by atoms with E-state index in [1.807, 2.05) is 19.1 Å². The van der Waals surface area contributed by atoms with Crippen molar-refractivity contribution in [1.82, 2.24) is 9.62 Å². The van der Waals surface area contributed by atoms with Crippen molar-refractivity contribution in [2.75, 3.05) is 19.6 Å². The van der Waals surface area contributed by atoms with E-state index in [2.05, 4.69) is 12.2 Å². The first-order chi connectivity index (χ1) is 9.59. The Morgan fingerprint density at radius 3 is 2.25 bits per heavy atom. The van der Waals surface area contributed by atoms with Gasteiger partial charge in [0.05, 0.1) is 4.90 Å². The van der Waals surface area contributed by atoms with Crippen LogP contribution in [-0.4, -0.2) is 38.4 Å². The van der Waals surface area contributed by atoms with Crippen molar-refractivity contribution >= 4 is 10.0 Å². The second-order valence-electron chi connectivity index (χ2n) is 5.19. The highest BCUT2D eigenvalue weighted by Gasteiger charge is 2.30. The average Bonchev–Trinajstić information content (AvgIpc) is 2.49. The first kappa shape index (κ1) is 15.5. The highest BCUT2D eigenvalue weighted by molar-refractivity contribution is 7.89. The van der Waals surface area contributed by atoms with Gasteiger partial charge in [0.1, 0.15) is 0 Å². The molecule has 1 heterocycles. The van der Waals surface area contributed by atoms with Crippen molar-refractivity contribution in [2.24, 2.45) is 0 Å². The molecular weight excluding hydrogens is 272 g/mol.